The summed E-state index contributed by atoms with van der Waals surface area (Å²) in [5.41, 5.74) is 1.81. The Kier molecular flexibility index (Phi) is 6.04. The minimum atomic E-state index is 0.00497. The highest BCUT2D eigenvalue weighted by Crippen LogP contribution is 2.30. The van der Waals surface area contributed by atoms with Gasteiger partial charge in [0.25, 0.3) is 5.91 Å². The average Bonchev–Trinajstić information content (AvgIpc) is 2.93. The lowest BCUT2D eigenvalue weighted by Crippen LogP contribution is -2.34. The summed E-state index contributed by atoms with van der Waals surface area (Å²) in [4.78, 5) is 15.1. The number of hydrogen-bond donors (Lipinski definition) is 0. The van der Waals surface area contributed by atoms with Crippen LogP contribution in [0.25, 0.3) is 0 Å². The Morgan fingerprint density at radius 3 is 2.54 bits per heavy atom. The molecule has 0 unspecified atom stereocenters. The number of benzene rings is 2. The van der Waals surface area contributed by atoms with Gasteiger partial charge in [0.05, 0.1) is 19.8 Å². The van der Waals surface area contributed by atoms with Gasteiger partial charge in [0.2, 0.25) is 0 Å². The van der Waals surface area contributed by atoms with Crippen LogP contribution in [0.2, 0.25) is 5.02 Å². The van der Waals surface area contributed by atoms with Crippen LogP contribution in [0.1, 0.15) is 41.1 Å². The fraction of sp³-hybridized carbons (Fsp3) is 0.381. The van der Waals surface area contributed by atoms with Gasteiger partial charge in [-0.15, -0.1) is 0 Å². The summed E-state index contributed by atoms with van der Waals surface area (Å²) in [7, 11) is 3.17. The fourth-order valence-corrected chi connectivity index (χ4v) is 3.61. The van der Waals surface area contributed by atoms with Crippen LogP contribution in [0.4, 0.5) is 0 Å². The average molecular weight is 374 g/mol. The first-order chi connectivity index (χ1) is 12.6. The molecule has 1 aliphatic rings. The number of rotatable bonds is 4. The van der Waals surface area contributed by atoms with Crippen molar-refractivity contribution in [3.05, 3.63) is 58.6 Å². The normalized spacial score (nSPS) is 17.5. The maximum Gasteiger partial charge on any atom is 0.257 e. The van der Waals surface area contributed by atoms with Gasteiger partial charge in [-0.05, 0) is 42.7 Å². The zero-order chi connectivity index (χ0) is 18.5. The van der Waals surface area contributed by atoms with Crippen molar-refractivity contribution in [2.24, 2.45) is 0 Å². The molecule has 0 N–H and O–H groups in total. The van der Waals surface area contributed by atoms with Crippen LogP contribution in [0.15, 0.2) is 42.5 Å². The molecule has 2 aromatic carbocycles. The van der Waals surface area contributed by atoms with Gasteiger partial charge in [-0.25, -0.2) is 0 Å². The summed E-state index contributed by atoms with van der Waals surface area (Å²) in [6, 6.07) is 13.3. The smallest absolute Gasteiger partial charge is 0.257 e. The number of ether oxygens (including phenoxy) is 2. The molecule has 3 rings (SSSR count). The summed E-state index contributed by atoms with van der Waals surface area (Å²) >= 11 is 6.01. The van der Waals surface area contributed by atoms with Crippen molar-refractivity contribution in [2.45, 2.75) is 25.2 Å². The van der Waals surface area contributed by atoms with Gasteiger partial charge in [0, 0.05) is 30.1 Å². The van der Waals surface area contributed by atoms with Crippen LogP contribution in [0.3, 0.4) is 0 Å². The third-order valence-electron chi connectivity index (χ3n) is 4.94. The first-order valence-corrected chi connectivity index (χ1v) is 9.27. The van der Waals surface area contributed by atoms with E-state index in [0.29, 0.717) is 29.5 Å². The van der Waals surface area contributed by atoms with Crippen molar-refractivity contribution >= 4 is 17.5 Å². The zero-order valence-electron chi connectivity index (χ0n) is 15.2. The molecular weight excluding hydrogens is 350 g/mol. The van der Waals surface area contributed by atoms with Crippen LogP contribution in [0, 0.1) is 0 Å². The van der Waals surface area contributed by atoms with Crippen molar-refractivity contribution in [3.63, 3.8) is 0 Å². The molecule has 1 amide bonds. The lowest BCUT2D eigenvalue weighted by molar-refractivity contribution is 0.0751. The van der Waals surface area contributed by atoms with Crippen molar-refractivity contribution in [1.82, 2.24) is 4.90 Å². The number of likely N-dealkylation sites (tertiary alicyclic amines) is 1. The van der Waals surface area contributed by atoms with Gasteiger partial charge in [-0.3, -0.25) is 4.79 Å². The number of carbonyl (C=O) groups is 1. The zero-order valence-corrected chi connectivity index (χ0v) is 16.0. The van der Waals surface area contributed by atoms with Gasteiger partial charge >= 0.3 is 0 Å². The molecule has 1 fully saturated rings. The molecule has 138 valence electrons. The molecule has 0 bridgehead atoms. The SMILES string of the molecule is COc1ccc(C(=O)N2CCCC[C@@H](c3ccc(Cl)cc3)C2)c(OC)c1. The first-order valence-electron chi connectivity index (χ1n) is 8.89. The Hall–Kier alpha value is -2.20. The molecular formula is C21H24ClNO3. The number of methoxy groups -OCH3 is 2. The highest BCUT2D eigenvalue weighted by Gasteiger charge is 2.26. The van der Waals surface area contributed by atoms with Crippen LogP contribution < -0.4 is 9.47 Å². The maximum absolute atomic E-state index is 13.1. The number of halogens is 1. The molecule has 1 atom stereocenters. The molecule has 1 aliphatic heterocycles. The van der Waals surface area contributed by atoms with Crippen molar-refractivity contribution in [1.29, 1.82) is 0 Å². The lowest BCUT2D eigenvalue weighted by atomic mass is 9.94. The predicted octanol–water partition coefficient (Wildman–Crippen LogP) is 4.77. The fourth-order valence-electron chi connectivity index (χ4n) is 3.48. The third kappa shape index (κ3) is 4.13. The molecule has 0 saturated carbocycles. The van der Waals surface area contributed by atoms with Crippen LogP contribution in [-0.2, 0) is 0 Å². The highest BCUT2D eigenvalue weighted by molar-refractivity contribution is 6.30. The van der Waals surface area contributed by atoms with E-state index in [1.54, 1.807) is 32.4 Å². The minimum Gasteiger partial charge on any atom is -0.497 e. The second kappa shape index (κ2) is 8.45. The monoisotopic (exact) mass is 373 g/mol. The summed E-state index contributed by atoms with van der Waals surface area (Å²) in [6.07, 6.45) is 3.19. The van der Waals surface area contributed by atoms with Gasteiger partial charge in [-0.2, -0.15) is 0 Å². The quantitative estimate of drug-likeness (QED) is 0.775. The summed E-state index contributed by atoms with van der Waals surface area (Å²) in [6.45, 7) is 1.47. The Morgan fingerprint density at radius 2 is 1.85 bits per heavy atom. The van der Waals surface area contributed by atoms with Gasteiger partial charge < -0.3 is 14.4 Å². The maximum atomic E-state index is 13.1. The van der Waals surface area contributed by atoms with E-state index in [4.69, 9.17) is 21.1 Å². The van der Waals surface area contributed by atoms with E-state index in [9.17, 15) is 4.79 Å². The largest absolute Gasteiger partial charge is 0.497 e. The number of amides is 1. The van der Waals surface area contributed by atoms with E-state index >= 15 is 0 Å². The third-order valence-corrected chi connectivity index (χ3v) is 5.19. The number of carbonyl (C=O) groups excluding carboxylic acids is 1. The second-order valence-corrected chi connectivity index (χ2v) is 7.00. The molecule has 1 saturated heterocycles. The molecule has 26 heavy (non-hydrogen) atoms. The Labute approximate surface area is 159 Å². The summed E-state index contributed by atoms with van der Waals surface area (Å²) in [5.74, 6) is 1.54. The second-order valence-electron chi connectivity index (χ2n) is 6.56. The first kappa shape index (κ1) is 18.6. The van der Waals surface area contributed by atoms with E-state index in [1.807, 2.05) is 17.0 Å². The van der Waals surface area contributed by atoms with Crippen molar-refractivity contribution < 1.29 is 14.3 Å². The van der Waals surface area contributed by atoms with E-state index in [1.165, 1.54) is 5.56 Å². The van der Waals surface area contributed by atoms with Crippen LogP contribution >= 0.6 is 11.6 Å². The molecule has 5 heteroatoms. The standard InChI is InChI=1S/C21H24ClNO3/c1-25-18-10-11-19(20(13-18)26-2)21(24)23-12-4-3-5-16(14-23)15-6-8-17(22)9-7-15/h6-11,13,16H,3-5,12,14H2,1-2H3/t16-/m1/s1. The van der Waals surface area contributed by atoms with E-state index < -0.39 is 0 Å². The molecule has 0 aromatic heterocycles. The van der Waals surface area contributed by atoms with Gasteiger partial charge in [-0.1, -0.05) is 30.2 Å². The minimum absolute atomic E-state index is 0.00497. The predicted molar refractivity (Wildman–Crippen MR) is 103 cm³/mol. The molecule has 0 spiro atoms. The van der Waals surface area contributed by atoms with E-state index in [0.717, 1.165) is 30.8 Å². The number of nitrogens with zero attached hydrogens (tertiary/aromatic N) is 1. The molecule has 0 radical (unpaired) electrons. The lowest BCUT2D eigenvalue weighted by Gasteiger charge is -2.25. The van der Waals surface area contributed by atoms with Crippen LogP contribution in [-0.4, -0.2) is 38.1 Å². The van der Waals surface area contributed by atoms with E-state index in [-0.39, 0.29) is 5.91 Å². The van der Waals surface area contributed by atoms with Crippen molar-refractivity contribution in [2.75, 3.05) is 27.3 Å². The van der Waals surface area contributed by atoms with Crippen molar-refractivity contribution in [3.8, 4) is 11.5 Å². The summed E-state index contributed by atoms with van der Waals surface area (Å²) < 4.78 is 10.6. The van der Waals surface area contributed by atoms with Gasteiger partial charge in [0.15, 0.2) is 0 Å². The van der Waals surface area contributed by atoms with Crippen LogP contribution in [0.5, 0.6) is 11.5 Å². The molecule has 1 heterocycles. The molecule has 0 aliphatic carbocycles. The Balaban J connectivity index is 1.83. The number of hydrogen-bond acceptors (Lipinski definition) is 3. The molecule has 2 aromatic rings. The molecule has 4 nitrogen and oxygen atoms in total. The van der Waals surface area contributed by atoms with E-state index in [2.05, 4.69) is 12.1 Å². The Morgan fingerprint density at radius 1 is 1.08 bits per heavy atom. The topological polar surface area (TPSA) is 38.8 Å². The summed E-state index contributed by atoms with van der Waals surface area (Å²) in [5, 5.41) is 0.735. The highest BCUT2D eigenvalue weighted by atomic mass is 35.5. The van der Waals surface area contributed by atoms with Gasteiger partial charge in [0.1, 0.15) is 11.5 Å². The Bertz CT molecular complexity index is 760.